The summed E-state index contributed by atoms with van der Waals surface area (Å²) in [6, 6.07) is 4.78. The highest BCUT2D eigenvalue weighted by Crippen LogP contribution is 2.29. The van der Waals surface area contributed by atoms with Crippen molar-refractivity contribution in [1.29, 1.82) is 0 Å². The van der Waals surface area contributed by atoms with Crippen molar-refractivity contribution in [3.05, 3.63) is 28.5 Å². The molecule has 1 aromatic rings. The molecule has 2 aliphatic rings. The van der Waals surface area contributed by atoms with Gasteiger partial charge in [0.2, 0.25) is 11.8 Å². The summed E-state index contributed by atoms with van der Waals surface area (Å²) >= 11 is 3.18. The molecule has 0 aromatic heterocycles. The molecule has 1 aliphatic heterocycles. The Kier molecular flexibility index (Phi) is 4.99. The van der Waals surface area contributed by atoms with Crippen LogP contribution in [0.4, 0.5) is 10.1 Å². The number of nitrogens with one attached hydrogen (secondary N) is 1. The third kappa shape index (κ3) is 3.74. The predicted octanol–water partition coefficient (Wildman–Crippen LogP) is 3.71. The van der Waals surface area contributed by atoms with Gasteiger partial charge < -0.3 is 10.2 Å². The van der Waals surface area contributed by atoms with Crippen molar-refractivity contribution >= 4 is 33.4 Å². The first-order chi connectivity index (χ1) is 11.0. The molecule has 23 heavy (non-hydrogen) atoms. The quantitative estimate of drug-likeness (QED) is 0.865. The fraction of sp³-hybridized carbons (Fsp3) is 0.529. The molecule has 2 fully saturated rings. The molecule has 2 amide bonds. The molecule has 3 rings (SSSR count). The largest absolute Gasteiger partial charge is 0.339 e. The fourth-order valence-electron chi connectivity index (χ4n) is 3.48. The maximum Gasteiger partial charge on any atom is 0.229 e. The fourth-order valence-corrected chi connectivity index (χ4v) is 3.81. The third-order valence-corrected chi connectivity index (χ3v) is 5.23. The number of anilines is 1. The molecule has 0 radical (unpaired) electrons. The van der Waals surface area contributed by atoms with Gasteiger partial charge in [0.05, 0.1) is 11.6 Å². The van der Waals surface area contributed by atoms with E-state index in [1.807, 2.05) is 4.90 Å². The maximum absolute atomic E-state index is 13.8. The van der Waals surface area contributed by atoms with E-state index in [1.165, 1.54) is 18.6 Å². The second-order valence-corrected chi connectivity index (χ2v) is 7.27. The summed E-state index contributed by atoms with van der Waals surface area (Å²) in [6.45, 7) is 0.452. The number of hydrogen-bond donors (Lipinski definition) is 1. The molecule has 4 nitrogen and oxygen atoms in total. The van der Waals surface area contributed by atoms with Crippen LogP contribution in [0, 0.1) is 11.7 Å². The van der Waals surface area contributed by atoms with Gasteiger partial charge in [-0.2, -0.15) is 0 Å². The highest BCUT2D eigenvalue weighted by Gasteiger charge is 2.38. The number of halogens is 2. The Balaban J connectivity index is 1.63. The molecule has 1 aromatic carbocycles. The van der Waals surface area contributed by atoms with Crippen molar-refractivity contribution in [1.82, 2.24) is 4.90 Å². The Hall–Kier alpha value is -1.43. The number of amides is 2. The van der Waals surface area contributed by atoms with E-state index in [4.69, 9.17) is 0 Å². The number of likely N-dealkylation sites (tertiary alicyclic amines) is 1. The molecule has 1 atom stereocenters. The van der Waals surface area contributed by atoms with Crippen LogP contribution in [0.2, 0.25) is 0 Å². The monoisotopic (exact) mass is 382 g/mol. The standard InChI is InChI=1S/C17H20BrFN2O2/c18-12-6-7-15(14(19)9-12)20-17(23)11-8-16(22)21(10-11)13-4-2-1-3-5-13/h6-7,9,11,13H,1-5,8,10H2,(H,20,23)/t11-/m0/s1. The van der Waals surface area contributed by atoms with E-state index in [2.05, 4.69) is 21.2 Å². The summed E-state index contributed by atoms with van der Waals surface area (Å²) in [4.78, 5) is 26.4. The van der Waals surface area contributed by atoms with Gasteiger partial charge in [0, 0.05) is 23.5 Å². The first-order valence-electron chi connectivity index (χ1n) is 8.10. The molecular weight excluding hydrogens is 363 g/mol. The molecule has 0 unspecified atom stereocenters. The van der Waals surface area contributed by atoms with Crippen molar-refractivity contribution in [3.63, 3.8) is 0 Å². The van der Waals surface area contributed by atoms with Crippen LogP contribution in [0.5, 0.6) is 0 Å². The molecular formula is C17H20BrFN2O2. The molecule has 0 bridgehead atoms. The molecule has 1 saturated heterocycles. The highest BCUT2D eigenvalue weighted by atomic mass is 79.9. The first-order valence-corrected chi connectivity index (χ1v) is 8.89. The van der Waals surface area contributed by atoms with E-state index in [0.717, 1.165) is 25.7 Å². The van der Waals surface area contributed by atoms with Gasteiger partial charge in [0.15, 0.2) is 0 Å². The van der Waals surface area contributed by atoms with E-state index >= 15 is 0 Å². The van der Waals surface area contributed by atoms with Gasteiger partial charge in [0.1, 0.15) is 5.82 Å². The van der Waals surface area contributed by atoms with Crippen LogP contribution in [0.3, 0.4) is 0 Å². The minimum absolute atomic E-state index is 0.0494. The van der Waals surface area contributed by atoms with Gasteiger partial charge >= 0.3 is 0 Å². The maximum atomic E-state index is 13.8. The van der Waals surface area contributed by atoms with Gasteiger partial charge in [-0.1, -0.05) is 35.2 Å². The lowest BCUT2D eigenvalue weighted by atomic mass is 9.94. The third-order valence-electron chi connectivity index (χ3n) is 4.73. The van der Waals surface area contributed by atoms with E-state index in [1.54, 1.807) is 6.07 Å². The van der Waals surface area contributed by atoms with Gasteiger partial charge in [-0.15, -0.1) is 0 Å². The average molecular weight is 383 g/mol. The molecule has 0 spiro atoms. The normalized spacial score (nSPS) is 22.4. The van der Waals surface area contributed by atoms with E-state index in [0.29, 0.717) is 11.0 Å². The van der Waals surface area contributed by atoms with Crippen LogP contribution in [0.1, 0.15) is 38.5 Å². The Morgan fingerprint density at radius 2 is 2.00 bits per heavy atom. The van der Waals surface area contributed by atoms with Crippen LogP contribution in [-0.4, -0.2) is 29.3 Å². The predicted molar refractivity (Wildman–Crippen MR) is 89.4 cm³/mol. The molecule has 1 saturated carbocycles. The van der Waals surface area contributed by atoms with E-state index < -0.39 is 11.7 Å². The van der Waals surface area contributed by atoms with E-state index in [9.17, 15) is 14.0 Å². The topological polar surface area (TPSA) is 49.4 Å². The van der Waals surface area contributed by atoms with Crippen LogP contribution in [-0.2, 0) is 9.59 Å². The summed E-state index contributed by atoms with van der Waals surface area (Å²) in [5.41, 5.74) is 0.154. The summed E-state index contributed by atoms with van der Waals surface area (Å²) in [5, 5.41) is 2.61. The number of benzene rings is 1. The summed E-state index contributed by atoms with van der Waals surface area (Å²) < 4.78 is 14.4. The Bertz CT molecular complexity index is 617. The van der Waals surface area contributed by atoms with Crippen molar-refractivity contribution < 1.29 is 14.0 Å². The molecule has 6 heteroatoms. The van der Waals surface area contributed by atoms with Crippen LogP contribution >= 0.6 is 15.9 Å². The lowest BCUT2D eigenvalue weighted by Gasteiger charge is -2.31. The second-order valence-electron chi connectivity index (χ2n) is 6.35. The highest BCUT2D eigenvalue weighted by molar-refractivity contribution is 9.10. The van der Waals surface area contributed by atoms with Crippen LogP contribution in [0.25, 0.3) is 0 Å². The minimum atomic E-state index is -0.485. The second kappa shape index (κ2) is 6.99. The van der Waals surface area contributed by atoms with Crippen molar-refractivity contribution in [2.75, 3.05) is 11.9 Å². The first kappa shape index (κ1) is 16.4. The Morgan fingerprint density at radius 3 is 2.70 bits per heavy atom. The van der Waals surface area contributed by atoms with Gasteiger partial charge in [-0.25, -0.2) is 4.39 Å². The molecule has 1 aliphatic carbocycles. The summed E-state index contributed by atoms with van der Waals surface area (Å²) in [6.07, 6.45) is 5.80. The number of carbonyl (C=O) groups excluding carboxylic acids is 2. The van der Waals surface area contributed by atoms with Gasteiger partial charge in [-0.3, -0.25) is 9.59 Å². The zero-order chi connectivity index (χ0) is 16.4. The molecule has 124 valence electrons. The lowest BCUT2D eigenvalue weighted by molar-refractivity contribution is -0.130. The number of rotatable bonds is 3. The van der Waals surface area contributed by atoms with Crippen molar-refractivity contribution in [2.24, 2.45) is 5.92 Å². The van der Waals surface area contributed by atoms with Crippen LogP contribution in [0.15, 0.2) is 22.7 Å². The lowest BCUT2D eigenvalue weighted by Crippen LogP contribution is -2.38. The van der Waals surface area contributed by atoms with Crippen molar-refractivity contribution in [2.45, 2.75) is 44.6 Å². The number of carbonyl (C=O) groups is 2. The summed E-state index contributed by atoms with van der Waals surface area (Å²) in [7, 11) is 0. The van der Waals surface area contributed by atoms with Crippen molar-refractivity contribution in [3.8, 4) is 0 Å². The molecule has 1 heterocycles. The SMILES string of the molecule is O=C(Nc1ccc(Br)cc1F)[C@H]1CC(=O)N(C2CCCCC2)C1. The smallest absolute Gasteiger partial charge is 0.229 e. The van der Waals surface area contributed by atoms with E-state index in [-0.39, 0.29) is 30.0 Å². The van der Waals surface area contributed by atoms with Crippen LogP contribution < -0.4 is 5.32 Å². The minimum Gasteiger partial charge on any atom is -0.339 e. The molecule has 1 N–H and O–H groups in total. The average Bonchev–Trinajstić information content (AvgIpc) is 2.93. The Labute approximate surface area is 143 Å². The Morgan fingerprint density at radius 1 is 1.26 bits per heavy atom. The van der Waals surface area contributed by atoms with Gasteiger partial charge in [0.25, 0.3) is 0 Å². The zero-order valence-corrected chi connectivity index (χ0v) is 14.4. The van der Waals surface area contributed by atoms with Gasteiger partial charge in [-0.05, 0) is 31.0 Å². The zero-order valence-electron chi connectivity index (χ0n) is 12.9. The number of hydrogen-bond acceptors (Lipinski definition) is 2. The number of nitrogens with zero attached hydrogens (tertiary/aromatic N) is 1. The summed E-state index contributed by atoms with van der Waals surface area (Å²) in [5.74, 6) is -1.11.